The summed E-state index contributed by atoms with van der Waals surface area (Å²) in [4.78, 5) is 66.3. The van der Waals surface area contributed by atoms with Crippen molar-refractivity contribution in [1.29, 1.82) is 0 Å². The van der Waals surface area contributed by atoms with E-state index in [4.69, 9.17) is 18.5 Å². The summed E-state index contributed by atoms with van der Waals surface area (Å²) in [5, 5.41) is 9.71. The highest BCUT2D eigenvalue weighted by atomic mass is 31.2. The Kier molecular flexibility index (Phi) is 38.7. The molecule has 2 rings (SSSR count). The van der Waals surface area contributed by atoms with Gasteiger partial charge in [0.15, 0.2) is 0 Å². The second kappa shape index (κ2) is 42.9. The molecular formula is C58H103N4O10P. The Morgan fingerprint density at radius 3 is 1.79 bits per heavy atom. The molecule has 14 nitrogen and oxygen atoms in total. The quantitative estimate of drug-likeness (QED) is 0.0242. The predicted molar refractivity (Wildman–Crippen MR) is 296 cm³/mol. The summed E-state index contributed by atoms with van der Waals surface area (Å²) >= 11 is 0. The lowest BCUT2D eigenvalue weighted by Gasteiger charge is -2.24. The molecule has 73 heavy (non-hydrogen) atoms. The number of aromatic amines is 1. The lowest BCUT2D eigenvalue weighted by Crippen LogP contribution is -2.50. The highest BCUT2D eigenvalue weighted by Crippen LogP contribution is 2.43. The second-order valence-corrected chi connectivity index (χ2v) is 21.9. The summed E-state index contributed by atoms with van der Waals surface area (Å²) in [6.07, 6.45) is 33.5. The first kappa shape index (κ1) is 65.8. The summed E-state index contributed by atoms with van der Waals surface area (Å²) in [5.74, 6) is -1.15. The smallest absolute Gasteiger partial charge is 0.462 e. The number of hydrogen-bond donors (Lipinski definition) is 5. The minimum Gasteiger partial charge on any atom is -0.462 e. The monoisotopic (exact) mass is 1050 g/mol. The van der Waals surface area contributed by atoms with Crippen molar-refractivity contribution in [1.82, 2.24) is 20.9 Å². The van der Waals surface area contributed by atoms with Gasteiger partial charge in [0.1, 0.15) is 12.1 Å². The maximum Gasteiger partial charge on any atom is 0.472 e. The normalized spacial score (nSPS) is 14.1. The van der Waals surface area contributed by atoms with Crippen molar-refractivity contribution in [3.8, 4) is 0 Å². The molecule has 5 atom stereocenters. The van der Waals surface area contributed by atoms with Gasteiger partial charge in [0.25, 0.3) is 0 Å². The Bertz CT molecular complexity index is 1780. The van der Waals surface area contributed by atoms with Crippen LogP contribution in [0.2, 0.25) is 0 Å². The number of para-hydroxylation sites is 1. The van der Waals surface area contributed by atoms with Crippen molar-refractivity contribution in [2.45, 2.75) is 258 Å². The highest BCUT2D eigenvalue weighted by molar-refractivity contribution is 7.47. The van der Waals surface area contributed by atoms with Crippen molar-refractivity contribution in [3.05, 3.63) is 36.0 Å². The Labute approximate surface area is 442 Å². The number of phosphoric acid groups is 1. The molecule has 2 aromatic rings. The van der Waals surface area contributed by atoms with Crippen LogP contribution in [0.5, 0.6) is 0 Å². The zero-order chi connectivity index (χ0) is 53.2. The van der Waals surface area contributed by atoms with E-state index >= 15 is 0 Å². The van der Waals surface area contributed by atoms with Gasteiger partial charge in [0, 0.05) is 49.3 Å². The standard InChI is InChI=1S/C58H103N4O10P/c1-6-10-13-16-18-20-21-22-23-26-29-38-54(63)61-50(46-69-43-41-51(35-28-25-15-12-8-3)72-56(65)40-30-27-24-19-17-14-11-7-2)47-71-73(67,68)70-44-42-59-58(66)57(48(5)9-4)62-55(64)39-33-34-49-45-60-53-37-32-31-36-52(49)53/h31-32,36-37,45,48,50-51,57,60H,6-30,33-35,38-44,46-47H2,1-5H3,(H,59,66)(H,61,63)(H,62,64)(H,67,68). The van der Waals surface area contributed by atoms with Crippen molar-refractivity contribution in [2.75, 3.05) is 33.0 Å². The van der Waals surface area contributed by atoms with Crippen molar-refractivity contribution >= 4 is 42.4 Å². The third-order valence-corrected chi connectivity index (χ3v) is 14.9. The zero-order valence-electron chi connectivity index (χ0n) is 46.4. The topological polar surface area (TPSA) is 194 Å². The van der Waals surface area contributed by atoms with Gasteiger partial charge in [-0.3, -0.25) is 28.2 Å². The minimum absolute atomic E-state index is 0.0151. The molecule has 0 aliphatic carbocycles. The molecule has 0 saturated carbocycles. The van der Waals surface area contributed by atoms with Crippen molar-refractivity contribution < 1.29 is 47.2 Å². The Hall–Kier alpha value is -3.29. The Morgan fingerprint density at radius 2 is 1.18 bits per heavy atom. The minimum atomic E-state index is -4.62. The first-order valence-corrected chi connectivity index (χ1v) is 30.7. The fourth-order valence-electron chi connectivity index (χ4n) is 9.10. The molecule has 1 aromatic heterocycles. The number of carbonyl (C=O) groups is 4. The van der Waals surface area contributed by atoms with E-state index in [1.54, 1.807) is 0 Å². The van der Waals surface area contributed by atoms with Crippen LogP contribution in [0.25, 0.3) is 10.9 Å². The number of ether oxygens (including phenoxy) is 2. The van der Waals surface area contributed by atoms with Gasteiger partial charge in [-0.2, -0.15) is 0 Å². The van der Waals surface area contributed by atoms with Gasteiger partial charge >= 0.3 is 13.8 Å². The van der Waals surface area contributed by atoms with Crippen LogP contribution >= 0.6 is 7.82 Å². The maximum atomic E-state index is 13.3. The zero-order valence-corrected chi connectivity index (χ0v) is 47.3. The Balaban J connectivity index is 1.91. The summed E-state index contributed by atoms with van der Waals surface area (Å²) in [5.41, 5.74) is 2.19. The molecule has 0 aliphatic heterocycles. The van der Waals surface area contributed by atoms with Crippen molar-refractivity contribution in [3.63, 3.8) is 0 Å². The molecule has 420 valence electrons. The van der Waals surface area contributed by atoms with Gasteiger partial charge in [0.05, 0.1) is 32.5 Å². The van der Waals surface area contributed by atoms with Crippen LogP contribution in [0.4, 0.5) is 0 Å². The van der Waals surface area contributed by atoms with E-state index < -0.39 is 25.8 Å². The number of esters is 1. The number of aromatic nitrogens is 1. The first-order valence-electron chi connectivity index (χ1n) is 29.2. The lowest BCUT2D eigenvalue weighted by molar-refractivity contribution is -0.150. The summed E-state index contributed by atoms with van der Waals surface area (Å²) in [7, 11) is -4.62. The van der Waals surface area contributed by atoms with Crippen LogP contribution in [-0.4, -0.2) is 84.7 Å². The third kappa shape index (κ3) is 33.4. The third-order valence-electron chi connectivity index (χ3n) is 13.9. The maximum absolute atomic E-state index is 13.3. The van der Waals surface area contributed by atoms with Gasteiger partial charge in [-0.25, -0.2) is 4.57 Å². The average molecular weight is 1050 g/mol. The number of benzene rings is 1. The number of aryl methyl sites for hydroxylation is 1. The van der Waals surface area contributed by atoms with Crippen LogP contribution in [0.3, 0.4) is 0 Å². The molecule has 0 aliphatic rings. The number of phosphoric ester groups is 1. The van der Waals surface area contributed by atoms with Crippen LogP contribution in [0.1, 0.15) is 239 Å². The largest absolute Gasteiger partial charge is 0.472 e. The van der Waals surface area contributed by atoms with E-state index in [1.165, 1.54) is 83.5 Å². The molecule has 1 aromatic carbocycles. The average Bonchev–Trinajstić information content (AvgIpc) is 3.79. The van der Waals surface area contributed by atoms with Gasteiger partial charge in [-0.15, -0.1) is 0 Å². The summed E-state index contributed by atoms with van der Waals surface area (Å²) in [6.45, 7) is 9.99. The van der Waals surface area contributed by atoms with Gasteiger partial charge in [-0.1, -0.05) is 194 Å². The predicted octanol–water partition coefficient (Wildman–Crippen LogP) is 13.7. The molecule has 0 fully saturated rings. The van der Waals surface area contributed by atoms with E-state index in [0.717, 1.165) is 99.9 Å². The molecule has 5 unspecified atom stereocenters. The van der Waals surface area contributed by atoms with Crippen LogP contribution in [-0.2, 0) is 48.7 Å². The summed E-state index contributed by atoms with van der Waals surface area (Å²) in [6, 6.07) is 6.50. The van der Waals surface area contributed by atoms with Gasteiger partial charge < -0.3 is 35.3 Å². The fourth-order valence-corrected chi connectivity index (χ4v) is 9.86. The number of amides is 3. The van der Waals surface area contributed by atoms with E-state index in [1.807, 2.05) is 38.2 Å². The van der Waals surface area contributed by atoms with E-state index in [-0.39, 0.29) is 69.2 Å². The molecule has 15 heteroatoms. The highest BCUT2D eigenvalue weighted by Gasteiger charge is 2.28. The number of unbranched alkanes of at least 4 members (excludes halogenated alkanes) is 21. The summed E-state index contributed by atoms with van der Waals surface area (Å²) < 4.78 is 35.8. The number of H-pyrrole nitrogens is 1. The number of carbonyl (C=O) groups excluding carboxylic acids is 4. The van der Waals surface area contributed by atoms with E-state index in [0.29, 0.717) is 32.1 Å². The molecule has 0 spiro atoms. The van der Waals surface area contributed by atoms with E-state index in [2.05, 4.69) is 47.8 Å². The van der Waals surface area contributed by atoms with Crippen LogP contribution in [0.15, 0.2) is 30.5 Å². The second-order valence-electron chi connectivity index (χ2n) is 20.5. The Morgan fingerprint density at radius 1 is 0.630 bits per heavy atom. The lowest BCUT2D eigenvalue weighted by atomic mass is 9.98. The molecule has 0 radical (unpaired) electrons. The van der Waals surface area contributed by atoms with Gasteiger partial charge in [0.2, 0.25) is 17.7 Å². The molecular weight excluding hydrogens is 944 g/mol. The first-order chi connectivity index (χ1) is 35.4. The molecule has 5 N–H and O–H groups in total. The van der Waals surface area contributed by atoms with Crippen molar-refractivity contribution in [2.24, 2.45) is 5.92 Å². The van der Waals surface area contributed by atoms with E-state index in [9.17, 15) is 28.6 Å². The van der Waals surface area contributed by atoms with Crippen LogP contribution < -0.4 is 16.0 Å². The number of rotatable bonds is 49. The van der Waals surface area contributed by atoms with Gasteiger partial charge in [-0.05, 0) is 56.1 Å². The number of hydrogen-bond acceptors (Lipinski definition) is 9. The number of nitrogens with one attached hydrogen (secondary N) is 4. The molecule has 0 bridgehead atoms. The van der Waals surface area contributed by atoms with Crippen LogP contribution in [0, 0.1) is 5.92 Å². The molecule has 1 heterocycles. The fraction of sp³-hybridized carbons (Fsp3) is 0.793. The number of fused-ring (bicyclic) bond motifs is 1. The molecule has 0 saturated heterocycles. The molecule has 3 amide bonds. The SMILES string of the molecule is CCCCCCCCCCCCCC(=O)NC(COCCC(CCCCCCC)OC(=O)CCCCCCCCCC)COP(=O)(O)OCCNC(=O)C(NC(=O)CCCc1c[nH]c2ccccc12)C(C)CC.